The number of hydrogen-bond acceptors (Lipinski definition) is 2. The Hall–Kier alpha value is -1.44. The maximum atomic E-state index is 9.96. The lowest BCUT2D eigenvalue weighted by atomic mass is 9.96. The Kier molecular flexibility index (Phi) is 4.22. The third-order valence-electron chi connectivity index (χ3n) is 2.38. The van der Waals surface area contributed by atoms with E-state index >= 15 is 0 Å². The van der Waals surface area contributed by atoms with Crippen molar-refractivity contribution >= 4 is 0 Å². The Balaban J connectivity index is 2.97. The van der Waals surface area contributed by atoms with E-state index in [1.165, 1.54) is 0 Å². The van der Waals surface area contributed by atoms with Gasteiger partial charge in [0.2, 0.25) is 0 Å². The van der Waals surface area contributed by atoms with Gasteiger partial charge >= 0.3 is 0 Å². The van der Waals surface area contributed by atoms with Gasteiger partial charge in [0, 0.05) is 5.56 Å². The van der Waals surface area contributed by atoms with Crippen LogP contribution in [0.5, 0.6) is 11.5 Å². The molecular weight excluding hydrogens is 188 g/mol. The molecule has 82 valence electrons. The zero-order chi connectivity index (χ0) is 11.3. The lowest BCUT2D eigenvalue weighted by Crippen LogP contribution is -1.97. The molecule has 2 heteroatoms. The molecule has 2 nitrogen and oxygen atoms in total. The standard InChI is InChI=1S/C13H18O2/c1-4-7-10(3)11-8-6-9-12(13(11)14)15-5-2/h4,6,8-10,14H,1,5,7H2,2-3H3. The van der Waals surface area contributed by atoms with Crippen molar-refractivity contribution in [3.8, 4) is 11.5 Å². The normalized spacial score (nSPS) is 12.1. The maximum Gasteiger partial charge on any atom is 0.161 e. The molecule has 0 radical (unpaired) electrons. The first kappa shape index (κ1) is 11.6. The lowest BCUT2D eigenvalue weighted by molar-refractivity contribution is 0.316. The number of phenolic OH excluding ortho intramolecular Hbond substituents is 1. The minimum Gasteiger partial charge on any atom is -0.504 e. The van der Waals surface area contributed by atoms with Crippen molar-refractivity contribution in [3.63, 3.8) is 0 Å². The van der Waals surface area contributed by atoms with E-state index in [0.29, 0.717) is 12.4 Å². The second-order valence-corrected chi connectivity index (χ2v) is 3.55. The number of aromatic hydroxyl groups is 1. The van der Waals surface area contributed by atoms with Gasteiger partial charge in [-0.1, -0.05) is 25.1 Å². The van der Waals surface area contributed by atoms with Crippen molar-refractivity contribution in [3.05, 3.63) is 36.4 Å². The fourth-order valence-corrected chi connectivity index (χ4v) is 1.59. The van der Waals surface area contributed by atoms with Gasteiger partial charge in [0.1, 0.15) is 0 Å². The first-order chi connectivity index (χ1) is 7.20. The van der Waals surface area contributed by atoms with Gasteiger partial charge in [-0.25, -0.2) is 0 Å². The number of benzene rings is 1. The quantitative estimate of drug-likeness (QED) is 0.747. The summed E-state index contributed by atoms with van der Waals surface area (Å²) in [6.45, 7) is 8.23. The topological polar surface area (TPSA) is 29.5 Å². The van der Waals surface area contributed by atoms with Crippen LogP contribution in [0.15, 0.2) is 30.9 Å². The van der Waals surface area contributed by atoms with E-state index in [-0.39, 0.29) is 11.7 Å². The van der Waals surface area contributed by atoms with E-state index in [4.69, 9.17) is 4.74 Å². The molecule has 0 aliphatic heterocycles. The van der Waals surface area contributed by atoms with Gasteiger partial charge in [0.15, 0.2) is 11.5 Å². The fourth-order valence-electron chi connectivity index (χ4n) is 1.59. The summed E-state index contributed by atoms with van der Waals surface area (Å²) < 4.78 is 5.33. The summed E-state index contributed by atoms with van der Waals surface area (Å²) >= 11 is 0. The minimum atomic E-state index is 0.258. The Bertz CT molecular complexity index is 331. The molecule has 15 heavy (non-hydrogen) atoms. The van der Waals surface area contributed by atoms with Crippen LogP contribution in [0.1, 0.15) is 31.7 Å². The van der Waals surface area contributed by atoms with Gasteiger partial charge in [-0.15, -0.1) is 6.58 Å². The smallest absolute Gasteiger partial charge is 0.161 e. The molecule has 0 bridgehead atoms. The lowest BCUT2D eigenvalue weighted by Gasteiger charge is -2.14. The van der Waals surface area contributed by atoms with Crippen molar-refractivity contribution in [1.82, 2.24) is 0 Å². The number of hydrogen-bond donors (Lipinski definition) is 1. The van der Waals surface area contributed by atoms with Crippen LogP contribution in [-0.2, 0) is 0 Å². The van der Waals surface area contributed by atoms with E-state index in [9.17, 15) is 5.11 Å². The summed E-state index contributed by atoms with van der Waals surface area (Å²) in [6.07, 6.45) is 2.71. The zero-order valence-electron chi connectivity index (χ0n) is 9.36. The van der Waals surface area contributed by atoms with Crippen LogP contribution >= 0.6 is 0 Å². The Labute approximate surface area is 91.2 Å². The first-order valence-electron chi connectivity index (χ1n) is 5.26. The number of rotatable bonds is 5. The average Bonchev–Trinajstić information content (AvgIpc) is 2.22. The largest absolute Gasteiger partial charge is 0.504 e. The molecule has 1 unspecified atom stereocenters. The summed E-state index contributed by atoms with van der Waals surface area (Å²) in [7, 11) is 0. The Morgan fingerprint density at radius 3 is 2.87 bits per heavy atom. The van der Waals surface area contributed by atoms with E-state index in [1.54, 1.807) is 6.07 Å². The molecule has 0 saturated carbocycles. The highest BCUT2D eigenvalue weighted by Gasteiger charge is 2.12. The minimum absolute atomic E-state index is 0.258. The van der Waals surface area contributed by atoms with Crippen LogP contribution in [0, 0.1) is 0 Å². The van der Waals surface area contributed by atoms with Crippen molar-refractivity contribution in [1.29, 1.82) is 0 Å². The molecule has 1 N–H and O–H groups in total. The van der Waals surface area contributed by atoms with E-state index in [0.717, 1.165) is 12.0 Å². The second kappa shape index (κ2) is 5.44. The number of para-hydroxylation sites is 1. The van der Waals surface area contributed by atoms with Crippen molar-refractivity contribution in [2.24, 2.45) is 0 Å². The molecule has 0 fully saturated rings. The summed E-state index contributed by atoms with van der Waals surface area (Å²) in [5.41, 5.74) is 0.917. The molecule has 0 heterocycles. The number of ether oxygens (including phenoxy) is 1. The molecule has 0 aliphatic carbocycles. The van der Waals surface area contributed by atoms with Gasteiger partial charge in [-0.05, 0) is 25.3 Å². The monoisotopic (exact) mass is 206 g/mol. The van der Waals surface area contributed by atoms with Crippen LogP contribution in [-0.4, -0.2) is 11.7 Å². The van der Waals surface area contributed by atoms with E-state index in [1.807, 2.05) is 25.1 Å². The van der Waals surface area contributed by atoms with E-state index < -0.39 is 0 Å². The summed E-state index contributed by atoms with van der Waals surface area (Å²) in [5.74, 6) is 1.09. The highest BCUT2D eigenvalue weighted by atomic mass is 16.5. The molecule has 0 amide bonds. The molecule has 0 aliphatic rings. The second-order valence-electron chi connectivity index (χ2n) is 3.55. The van der Waals surface area contributed by atoms with Crippen LogP contribution in [0.4, 0.5) is 0 Å². The predicted molar refractivity (Wildman–Crippen MR) is 62.5 cm³/mol. The molecule has 1 rings (SSSR count). The van der Waals surface area contributed by atoms with Crippen LogP contribution in [0.25, 0.3) is 0 Å². The Morgan fingerprint density at radius 2 is 2.27 bits per heavy atom. The molecule has 0 spiro atoms. The molecule has 1 atom stereocenters. The van der Waals surface area contributed by atoms with Crippen molar-refractivity contribution < 1.29 is 9.84 Å². The highest BCUT2D eigenvalue weighted by molar-refractivity contribution is 5.47. The predicted octanol–water partition coefficient (Wildman–Crippen LogP) is 3.47. The summed E-state index contributed by atoms with van der Waals surface area (Å²) in [5, 5.41) is 9.96. The van der Waals surface area contributed by atoms with Crippen molar-refractivity contribution in [2.45, 2.75) is 26.2 Å². The number of phenols is 1. The zero-order valence-corrected chi connectivity index (χ0v) is 9.36. The highest BCUT2D eigenvalue weighted by Crippen LogP contribution is 2.35. The van der Waals surface area contributed by atoms with Gasteiger partial charge < -0.3 is 9.84 Å². The Morgan fingerprint density at radius 1 is 1.53 bits per heavy atom. The molecule has 1 aromatic carbocycles. The molecule has 1 aromatic rings. The summed E-state index contributed by atoms with van der Waals surface area (Å²) in [4.78, 5) is 0. The van der Waals surface area contributed by atoms with Crippen molar-refractivity contribution in [2.75, 3.05) is 6.61 Å². The van der Waals surface area contributed by atoms with E-state index in [2.05, 4.69) is 13.5 Å². The third kappa shape index (κ3) is 2.75. The maximum absolute atomic E-state index is 9.96. The fraction of sp³-hybridized carbons (Fsp3) is 0.385. The van der Waals surface area contributed by atoms with Gasteiger partial charge in [-0.2, -0.15) is 0 Å². The van der Waals surface area contributed by atoms with Crippen LogP contribution in [0.3, 0.4) is 0 Å². The first-order valence-corrected chi connectivity index (χ1v) is 5.26. The SMILES string of the molecule is C=CCC(C)c1cccc(OCC)c1O. The third-order valence-corrected chi connectivity index (χ3v) is 2.38. The van der Waals surface area contributed by atoms with Gasteiger partial charge in [-0.3, -0.25) is 0 Å². The van der Waals surface area contributed by atoms with Gasteiger partial charge in [0.25, 0.3) is 0 Å². The number of allylic oxidation sites excluding steroid dienone is 1. The molecule has 0 saturated heterocycles. The van der Waals surface area contributed by atoms with Crippen LogP contribution < -0.4 is 4.74 Å². The van der Waals surface area contributed by atoms with Crippen LogP contribution in [0.2, 0.25) is 0 Å². The molecular formula is C13H18O2. The van der Waals surface area contributed by atoms with Gasteiger partial charge in [0.05, 0.1) is 6.61 Å². The molecule has 0 aromatic heterocycles. The average molecular weight is 206 g/mol. The summed E-state index contributed by atoms with van der Waals surface area (Å²) in [6, 6.07) is 5.61.